The molecule has 1 aromatic heterocycles. The Kier molecular flexibility index (Phi) is 3.85. The number of benzene rings is 1. The highest BCUT2D eigenvalue weighted by Crippen LogP contribution is 2.20. The molecule has 0 atom stereocenters. The number of hydrogen-bond donors (Lipinski definition) is 1. The lowest BCUT2D eigenvalue weighted by molar-refractivity contribution is -0.111. The SMILES string of the molecule is Cc1ccc(Cl)cc1NC(=O)/C=C/c1ccco1. The van der Waals surface area contributed by atoms with E-state index in [9.17, 15) is 4.79 Å². The van der Waals surface area contributed by atoms with Crippen LogP contribution >= 0.6 is 11.6 Å². The normalized spacial score (nSPS) is 10.8. The molecular formula is C14H12ClNO2. The first kappa shape index (κ1) is 12.5. The van der Waals surface area contributed by atoms with Crippen LogP contribution in [0.5, 0.6) is 0 Å². The number of furan rings is 1. The Bertz CT molecular complexity index is 573. The summed E-state index contributed by atoms with van der Waals surface area (Å²) in [6.07, 6.45) is 4.58. The highest BCUT2D eigenvalue weighted by Gasteiger charge is 2.02. The summed E-state index contributed by atoms with van der Waals surface area (Å²) in [4.78, 5) is 11.7. The fraction of sp³-hybridized carbons (Fsp3) is 0.0714. The number of carbonyl (C=O) groups is 1. The zero-order chi connectivity index (χ0) is 13.0. The molecule has 0 bridgehead atoms. The van der Waals surface area contributed by atoms with Gasteiger partial charge in [0.05, 0.1) is 6.26 Å². The summed E-state index contributed by atoms with van der Waals surface area (Å²) < 4.78 is 5.09. The van der Waals surface area contributed by atoms with Crippen molar-refractivity contribution in [3.8, 4) is 0 Å². The molecule has 1 heterocycles. The molecule has 0 fully saturated rings. The highest BCUT2D eigenvalue weighted by atomic mass is 35.5. The van der Waals surface area contributed by atoms with Gasteiger partial charge in [0.2, 0.25) is 5.91 Å². The topological polar surface area (TPSA) is 42.2 Å². The van der Waals surface area contributed by atoms with Crippen LogP contribution in [0.2, 0.25) is 5.02 Å². The van der Waals surface area contributed by atoms with E-state index in [-0.39, 0.29) is 5.91 Å². The maximum absolute atomic E-state index is 11.7. The monoisotopic (exact) mass is 261 g/mol. The van der Waals surface area contributed by atoms with Crippen LogP contribution < -0.4 is 5.32 Å². The van der Waals surface area contributed by atoms with Crippen molar-refractivity contribution in [1.82, 2.24) is 0 Å². The van der Waals surface area contributed by atoms with E-state index in [0.717, 1.165) is 5.56 Å². The second-order valence-electron chi connectivity index (χ2n) is 3.80. The maximum Gasteiger partial charge on any atom is 0.248 e. The Balaban J connectivity index is 2.05. The van der Waals surface area contributed by atoms with Crippen molar-refractivity contribution in [2.45, 2.75) is 6.92 Å². The molecule has 0 spiro atoms. The Morgan fingerprint density at radius 2 is 2.22 bits per heavy atom. The summed E-state index contributed by atoms with van der Waals surface area (Å²) in [5.74, 6) is 0.407. The lowest BCUT2D eigenvalue weighted by Gasteiger charge is -2.06. The zero-order valence-electron chi connectivity index (χ0n) is 9.81. The van der Waals surface area contributed by atoms with E-state index in [0.29, 0.717) is 16.5 Å². The largest absolute Gasteiger partial charge is 0.465 e. The predicted octanol–water partition coefficient (Wildman–Crippen LogP) is 3.89. The molecule has 0 unspecified atom stereocenters. The maximum atomic E-state index is 11.7. The summed E-state index contributed by atoms with van der Waals surface area (Å²) in [5, 5.41) is 3.35. The summed E-state index contributed by atoms with van der Waals surface area (Å²) in [5.41, 5.74) is 1.66. The van der Waals surface area contributed by atoms with E-state index in [1.807, 2.05) is 13.0 Å². The molecule has 1 N–H and O–H groups in total. The lowest BCUT2D eigenvalue weighted by atomic mass is 10.2. The highest BCUT2D eigenvalue weighted by molar-refractivity contribution is 6.31. The fourth-order valence-electron chi connectivity index (χ4n) is 1.45. The molecule has 0 radical (unpaired) electrons. The van der Waals surface area contributed by atoms with Gasteiger partial charge in [-0.1, -0.05) is 17.7 Å². The van der Waals surface area contributed by atoms with Crippen LogP contribution in [-0.4, -0.2) is 5.91 Å². The van der Waals surface area contributed by atoms with Crippen LogP contribution in [0.25, 0.3) is 6.08 Å². The molecule has 1 aromatic carbocycles. The molecule has 0 aliphatic carbocycles. The van der Waals surface area contributed by atoms with E-state index in [1.165, 1.54) is 6.08 Å². The van der Waals surface area contributed by atoms with E-state index in [4.69, 9.17) is 16.0 Å². The van der Waals surface area contributed by atoms with Gasteiger partial charge < -0.3 is 9.73 Å². The minimum atomic E-state index is -0.225. The lowest BCUT2D eigenvalue weighted by Crippen LogP contribution is -2.08. The van der Waals surface area contributed by atoms with Gasteiger partial charge in [-0.15, -0.1) is 0 Å². The fourth-order valence-corrected chi connectivity index (χ4v) is 1.62. The second kappa shape index (κ2) is 5.56. The third kappa shape index (κ3) is 3.25. The first-order valence-corrected chi connectivity index (χ1v) is 5.81. The quantitative estimate of drug-likeness (QED) is 0.852. The molecule has 0 aliphatic rings. The summed E-state index contributed by atoms with van der Waals surface area (Å²) >= 11 is 5.87. The van der Waals surface area contributed by atoms with Gasteiger partial charge in [0.15, 0.2) is 0 Å². The number of amides is 1. The molecule has 0 saturated carbocycles. The minimum Gasteiger partial charge on any atom is -0.465 e. The number of anilines is 1. The molecule has 0 aliphatic heterocycles. The number of aryl methyl sites for hydroxylation is 1. The van der Waals surface area contributed by atoms with Gasteiger partial charge in [0.1, 0.15) is 5.76 Å². The molecule has 92 valence electrons. The van der Waals surface area contributed by atoms with E-state index >= 15 is 0 Å². The average Bonchev–Trinajstić information content (AvgIpc) is 2.84. The van der Waals surface area contributed by atoms with Crippen LogP contribution in [0.15, 0.2) is 47.1 Å². The number of hydrogen-bond acceptors (Lipinski definition) is 2. The third-order valence-electron chi connectivity index (χ3n) is 2.40. The van der Waals surface area contributed by atoms with Crippen molar-refractivity contribution >= 4 is 29.3 Å². The van der Waals surface area contributed by atoms with Crippen molar-refractivity contribution in [2.75, 3.05) is 5.32 Å². The van der Waals surface area contributed by atoms with Gasteiger partial charge in [-0.3, -0.25) is 4.79 Å². The Morgan fingerprint density at radius 1 is 1.39 bits per heavy atom. The standard InChI is InChI=1S/C14H12ClNO2/c1-10-4-5-11(15)9-13(10)16-14(17)7-6-12-3-2-8-18-12/h2-9H,1H3,(H,16,17)/b7-6+. The second-order valence-corrected chi connectivity index (χ2v) is 4.23. The number of halogens is 1. The van der Waals surface area contributed by atoms with Crippen molar-refractivity contribution in [3.63, 3.8) is 0 Å². The van der Waals surface area contributed by atoms with Crippen molar-refractivity contribution < 1.29 is 9.21 Å². The molecule has 2 aromatic rings. The van der Waals surface area contributed by atoms with Gasteiger partial charge >= 0.3 is 0 Å². The molecule has 3 nitrogen and oxygen atoms in total. The van der Waals surface area contributed by atoms with Gasteiger partial charge in [-0.05, 0) is 42.8 Å². The minimum absolute atomic E-state index is 0.225. The average molecular weight is 262 g/mol. The first-order valence-electron chi connectivity index (χ1n) is 5.44. The van der Waals surface area contributed by atoms with E-state index in [2.05, 4.69) is 5.32 Å². The molecule has 18 heavy (non-hydrogen) atoms. The molecule has 2 rings (SSSR count). The van der Waals surface area contributed by atoms with Gasteiger partial charge in [0.25, 0.3) is 0 Å². The summed E-state index contributed by atoms with van der Waals surface area (Å²) in [7, 11) is 0. The molecule has 1 amide bonds. The first-order chi connectivity index (χ1) is 8.65. The van der Waals surface area contributed by atoms with Crippen LogP contribution in [0.3, 0.4) is 0 Å². The molecular weight excluding hydrogens is 250 g/mol. The number of rotatable bonds is 3. The van der Waals surface area contributed by atoms with E-state index in [1.54, 1.807) is 36.6 Å². The van der Waals surface area contributed by atoms with Crippen LogP contribution in [0, 0.1) is 6.92 Å². The predicted molar refractivity (Wildman–Crippen MR) is 72.6 cm³/mol. The van der Waals surface area contributed by atoms with Crippen LogP contribution in [-0.2, 0) is 4.79 Å². The zero-order valence-corrected chi connectivity index (χ0v) is 10.6. The van der Waals surface area contributed by atoms with Crippen LogP contribution in [0.1, 0.15) is 11.3 Å². The van der Waals surface area contributed by atoms with Crippen molar-refractivity contribution in [1.29, 1.82) is 0 Å². The summed E-state index contributed by atoms with van der Waals surface area (Å²) in [6.45, 7) is 1.90. The Labute approximate surface area is 110 Å². The van der Waals surface area contributed by atoms with Gasteiger partial charge in [0, 0.05) is 16.8 Å². The number of carbonyl (C=O) groups excluding carboxylic acids is 1. The number of nitrogens with one attached hydrogen (secondary N) is 1. The Morgan fingerprint density at radius 3 is 2.94 bits per heavy atom. The smallest absolute Gasteiger partial charge is 0.248 e. The third-order valence-corrected chi connectivity index (χ3v) is 2.63. The van der Waals surface area contributed by atoms with Gasteiger partial charge in [-0.25, -0.2) is 0 Å². The summed E-state index contributed by atoms with van der Waals surface area (Å²) in [6, 6.07) is 8.89. The molecule has 4 heteroatoms. The van der Waals surface area contributed by atoms with Crippen LogP contribution in [0.4, 0.5) is 5.69 Å². The van der Waals surface area contributed by atoms with Gasteiger partial charge in [-0.2, -0.15) is 0 Å². The molecule has 0 saturated heterocycles. The Hall–Kier alpha value is -2.00. The van der Waals surface area contributed by atoms with Crippen molar-refractivity contribution in [2.24, 2.45) is 0 Å². The van der Waals surface area contributed by atoms with Crippen molar-refractivity contribution in [3.05, 3.63) is 59.0 Å². The van der Waals surface area contributed by atoms with E-state index < -0.39 is 0 Å².